The van der Waals surface area contributed by atoms with Crippen LogP contribution in [0, 0.1) is 0 Å². The number of fused-ring (bicyclic) bond motifs is 1. The van der Waals surface area contributed by atoms with Crippen LogP contribution in [-0.4, -0.2) is 25.8 Å². The van der Waals surface area contributed by atoms with Crippen molar-refractivity contribution in [1.29, 1.82) is 0 Å². The van der Waals surface area contributed by atoms with Crippen molar-refractivity contribution in [3.05, 3.63) is 29.8 Å². The lowest BCUT2D eigenvalue weighted by Gasteiger charge is -1.98. The predicted molar refractivity (Wildman–Crippen MR) is 65.9 cm³/mol. The van der Waals surface area contributed by atoms with Crippen molar-refractivity contribution in [3.8, 4) is 10.6 Å². The average molecular weight is 248 g/mol. The Balaban J connectivity index is 2.28. The molecule has 6 heteroatoms. The van der Waals surface area contributed by atoms with Gasteiger partial charge in [-0.05, 0) is 23.8 Å². The first-order valence-electron chi connectivity index (χ1n) is 4.68. The fraction of sp³-hybridized carbons (Fsp3) is 0.100. The number of thiophene rings is 1. The molecule has 0 bridgehead atoms. The summed E-state index contributed by atoms with van der Waals surface area (Å²) in [5, 5.41) is 7.20. The number of rotatable bonds is 2. The molecule has 0 amide bonds. The average Bonchev–Trinajstić information content (AvgIpc) is 2.97. The molecule has 0 spiro atoms. The molecule has 0 unspecified atom stereocenters. The van der Waals surface area contributed by atoms with Gasteiger partial charge in [0.15, 0.2) is 0 Å². The molecule has 0 aromatic carbocycles. The van der Waals surface area contributed by atoms with E-state index in [-0.39, 0.29) is 0 Å². The van der Waals surface area contributed by atoms with E-state index >= 15 is 0 Å². The Morgan fingerprint density at radius 2 is 2.31 bits per heavy atom. The van der Waals surface area contributed by atoms with Crippen LogP contribution in [0.25, 0.3) is 16.3 Å². The van der Waals surface area contributed by atoms with Gasteiger partial charge in [0.2, 0.25) is 5.16 Å². The van der Waals surface area contributed by atoms with Crippen LogP contribution in [0.3, 0.4) is 0 Å². The molecule has 3 aromatic rings. The third-order valence-electron chi connectivity index (χ3n) is 2.18. The summed E-state index contributed by atoms with van der Waals surface area (Å²) in [6.45, 7) is 0. The van der Waals surface area contributed by atoms with E-state index in [2.05, 4.69) is 21.1 Å². The van der Waals surface area contributed by atoms with Crippen molar-refractivity contribution in [2.75, 3.05) is 6.26 Å². The van der Waals surface area contributed by atoms with Crippen LogP contribution < -0.4 is 0 Å². The largest absolute Gasteiger partial charge is 0.253 e. The molecule has 4 nitrogen and oxygen atoms in total. The molecule has 0 N–H and O–H groups in total. The maximum absolute atomic E-state index is 4.40. The van der Waals surface area contributed by atoms with Crippen molar-refractivity contribution >= 4 is 28.9 Å². The zero-order valence-corrected chi connectivity index (χ0v) is 10.1. The highest BCUT2D eigenvalue weighted by atomic mass is 32.2. The van der Waals surface area contributed by atoms with Crippen molar-refractivity contribution in [2.45, 2.75) is 5.16 Å². The van der Waals surface area contributed by atoms with E-state index in [1.54, 1.807) is 22.0 Å². The van der Waals surface area contributed by atoms with E-state index in [1.165, 1.54) is 16.6 Å². The molecule has 0 fully saturated rings. The summed E-state index contributed by atoms with van der Waals surface area (Å²) in [5.74, 6) is 0.648. The smallest absolute Gasteiger partial charge is 0.220 e. The van der Waals surface area contributed by atoms with Crippen LogP contribution in [0.4, 0.5) is 0 Å². The highest BCUT2D eigenvalue weighted by molar-refractivity contribution is 7.98. The van der Waals surface area contributed by atoms with Gasteiger partial charge >= 0.3 is 0 Å². The molecule has 0 aliphatic carbocycles. The summed E-state index contributed by atoms with van der Waals surface area (Å²) in [4.78, 5) is 9.68. The quantitative estimate of drug-likeness (QED) is 0.654. The molecule has 0 aliphatic heterocycles. The molecule has 0 saturated carbocycles. The van der Waals surface area contributed by atoms with Crippen molar-refractivity contribution < 1.29 is 0 Å². The van der Waals surface area contributed by atoms with Crippen molar-refractivity contribution in [1.82, 2.24) is 19.6 Å². The van der Waals surface area contributed by atoms with E-state index in [0.29, 0.717) is 5.78 Å². The molecule has 0 radical (unpaired) electrons. The third-order valence-corrected chi connectivity index (χ3v) is 3.61. The molecule has 3 heterocycles. The second-order valence-electron chi connectivity index (χ2n) is 3.12. The normalized spacial score (nSPS) is 11.1. The molecule has 0 saturated heterocycles. The molecule has 3 aromatic heterocycles. The van der Waals surface area contributed by atoms with Crippen LogP contribution >= 0.6 is 23.1 Å². The Hall–Kier alpha value is -1.40. The lowest BCUT2D eigenvalue weighted by atomic mass is 10.3. The zero-order valence-electron chi connectivity index (χ0n) is 8.49. The summed E-state index contributed by atoms with van der Waals surface area (Å²) >= 11 is 3.21. The Bertz CT molecular complexity index is 615. The number of hydrogen-bond donors (Lipinski definition) is 0. The topological polar surface area (TPSA) is 43.1 Å². The van der Waals surface area contributed by atoms with Gasteiger partial charge in [-0.1, -0.05) is 17.8 Å². The minimum Gasteiger partial charge on any atom is -0.220 e. The minimum atomic E-state index is 0.648. The van der Waals surface area contributed by atoms with Crippen LogP contribution in [0.5, 0.6) is 0 Å². The van der Waals surface area contributed by atoms with Crippen molar-refractivity contribution in [2.24, 2.45) is 0 Å². The van der Waals surface area contributed by atoms with Gasteiger partial charge in [0.1, 0.15) is 0 Å². The molecule has 0 atom stereocenters. The Kier molecular flexibility index (Phi) is 2.37. The lowest BCUT2D eigenvalue weighted by molar-refractivity contribution is 0.889. The summed E-state index contributed by atoms with van der Waals surface area (Å²) in [6, 6.07) is 6.05. The van der Waals surface area contributed by atoms with Gasteiger partial charge < -0.3 is 0 Å². The zero-order chi connectivity index (χ0) is 11.0. The summed E-state index contributed by atoms with van der Waals surface area (Å²) in [5.41, 5.74) is 1.04. The van der Waals surface area contributed by atoms with Crippen LogP contribution in [-0.2, 0) is 0 Å². The predicted octanol–water partition coefficient (Wildman–Crippen LogP) is 2.57. The fourth-order valence-corrected chi connectivity index (χ4v) is 2.55. The van der Waals surface area contributed by atoms with Crippen molar-refractivity contribution in [3.63, 3.8) is 0 Å². The van der Waals surface area contributed by atoms with Crippen LogP contribution in [0.1, 0.15) is 0 Å². The molecule has 3 rings (SSSR count). The highest BCUT2D eigenvalue weighted by Crippen LogP contribution is 2.24. The first kappa shape index (κ1) is 9.80. The molecule has 16 heavy (non-hydrogen) atoms. The van der Waals surface area contributed by atoms with Gasteiger partial charge in [-0.3, -0.25) is 0 Å². The second-order valence-corrected chi connectivity index (χ2v) is 4.84. The third kappa shape index (κ3) is 1.50. The van der Waals surface area contributed by atoms with Gasteiger partial charge in [0.05, 0.1) is 10.6 Å². The maximum Gasteiger partial charge on any atom is 0.253 e. The SMILES string of the molecule is CSc1nc2nccc(-c3cccs3)n2n1. The van der Waals surface area contributed by atoms with E-state index in [9.17, 15) is 0 Å². The van der Waals surface area contributed by atoms with Gasteiger partial charge in [-0.2, -0.15) is 9.50 Å². The number of nitrogens with zero attached hydrogens (tertiary/aromatic N) is 4. The monoisotopic (exact) mass is 248 g/mol. The van der Waals surface area contributed by atoms with E-state index in [0.717, 1.165) is 10.9 Å². The lowest BCUT2D eigenvalue weighted by Crippen LogP contribution is -1.94. The van der Waals surface area contributed by atoms with Gasteiger partial charge in [-0.15, -0.1) is 16.4 Å². The van der Waals surface area contributed by atoms with Crippen LogP contribution in [0.2, 0.25) is 0 Å². The van der Waals surface area contributed by atoms with Crippen LogP contribution in [0.15, 0.2) is 34.9 Å². The highest BCUT2D eigenvalue weighted by Gasteiger charge is 2.09. The molecular formula is C10H8N4S2. The molecule has 0 aliphatic rings. The van der Waals surface area contributed by atoms with Gasteiger partial charge in [0.25, 0.3) is 5.78 Å². The fourth-order valence-electron chi connectivity index (χ4n) is 1.47. The summed E-state index contributed by atoms with van der Waals surface area (Å²) in [7, 11) is 0. The van der Waals surface area contributed by atoms with Gasteiger partial charge in [-0.25, -0.2) is 4.98 Å². The Morgan fingerprint density at radius 1 is 1.38 bits per heavy atom. The summed E-state index contributed by atoms with van der Waals surface area (Å²) < 4.78 is 1.79. The Morgan fingerprint density at radius 3 is 3.06 bits per heavy atom. The minimum absolute atomic E-state index is 0.648. The standard InChI is InChI=1S/C10H8N4S2/c1-15-10-12-9-11-5-4-7(14(9)13-10)8-3-2-6-16-8/h2-6H,1H3. The number of hydrogen-bond acceptors (Lipinski definition) is 5. The molecule has 80 valence electrons. The Labute approximate surface area is 100 Å². The van der Waals surface area contributed by atoms with E-state index in [1.807, 2.05) is 23.8 Å². The van der Waals surface area contributed by atoms with E-state index in [4.69, 9.17) is 0 Å². The van der Waals surface area contributed by atoms with E-state index < -0.39 is 0 Å². The summed E-state index contributed by atoms with van der Waals surface area (Å²) in [6.07, 6.45) is 3.72. The first-order chi connectivity index (χ1) is 7.88. The second kappa shape index (κ2) is 3.88. The number of aromatic nitrogens is 4. The molecular weight excluding hydrogens is 240 g/mol. The number of thioether (sulfide) groups is 1. The maximum atomic E-state index is 4.40. The first-order valence-corrected chi connectivity index (χ1v) is 6.78. The van der Waals surface area contributed by atoms with Gasteiger partial charge in [0, 0.05) is 6.20 Å².